The van der Waals surface area contributed by atoms with Crippen molar-refractivity contribution in [3.8, 4) is 0 Å². The van der Waals surface area contributed by atoms with Crippen molar-refractivity contribution in [2.75, 3.05) is 0 Å². The Morgan fingerprint density at radius 2 is 2.07 bits per heavy atom. The van der Waals surface area contributed by atoms with E-state index in [-0.39, 0.29) is 24.9 Å². The summed E-state index contributed by atoms with van der Waals surface area (Å²) in [5.41, 5.74) is 2.56. The van der Waals surface area contributed by atoms with Gasteiger partial charge in [-0.2, -0.15) is 0 Å². The number of hydrogen-bond acceptors (Lipinski definition) is 2. The van der Waals surface area contributed by atoms with Crippen LogP contribution in [0.2, 0.25) is 0 Å². The van der Waals surface area contributed by atoms with Crippen LogP contribution in [0, 0.1) is 0 Å². The Bertz CT molecular complexity index is 354. The Morgan fingerprint density at radius 1 is 1.40 bits per heavy atom. The van der Waals surface area contributed by atoms with E-state index in [0.29, 0.717) is 0 Å². The van der Waals surface area contributed by atoms with E-state index in [1.54, 1.807) is 0 Å². The molecule has 1 atom stereocenters. The van der Waals surface area contributed by atoms with E-state index < -0.39 is 5.97 Å². The molecule has 1 aliphatic heterocycles. The molecule has 0 radical (unpaired) electrons. The average Bonchev–Trinajstić information content (AvgIpc) is 2.17. The first-order valence-corrected chi connectivity index (χ1v) is 4.77. The predicted molar refractivity (Wildman–Crippen MR) is 60.3 cm³/mol. The van der Waals surface area contributed by atoms with Crippen molar-refractivity contribution in [1.29, 1.82) is 0 Å². The second kappa shape index (κ2) is 5.14. The maximum atomic E-state index is 10.5. The van der Waals surface area contributed by atoms with E-state index in [2.05, 4.69) is 17.4 Å². The molecular formula is C11H14ClNO2. The molecule has 1 aliphatic rings. The van der Waals surface area contributed by atoms with Crippen LogP contribution in [0.1, 0.15) is 17.5 Å². The summed E-state index contributed by atoms with van der Waals surface area (Å²) in [6.07, 6.45) is 1.02. The number of halogens is 1. The smallest absolute Gasteiger partial charge is 0.304 e. The molecule has 3 nitrogen and oxygen atoms in total. The van der Waals surface area contributed by atoms with Crippen molar-refractivity contribution in [3.63, 3.8) is 0 Å². The molecule has 0 spiro atoms. The molecule has 0 fully saturated rings. The first kappa shape index (κ1) is 12.0. The highest BCUT2D eigenvalue weighted by molar-refractivity contribution is 5.85. The van der Waals surface area contributed by atoms with Crippen LogP contribution in [0.15, 0.2) is 24.3 Å². The van der Waals surface area contributed by atoms with Gasteiger partial charge in [-0.05, 0) is 17.5 Å². The second-order valence-electron chi connectivity index (χ2n) is 3.65. The third-order valence-corrected chi connectivity index (χ3v) is 2.59. The van der Waals surface area contributed by atoms with Crippen LogP contribution < -0.4 is 5.32 Å². The molecule has 2 N–H and O–H groups in total. The van der Waals surface area contributed by atoms with Gasteiger partial charge < -0.3 is 10.4 Å². The predicted octanol–water partition coefficient (Wildman–Crippen LogP) is 1.60. The second-order valence-corrected chi connectivity index (χ2v) is 3.65. The Balaban J connectivity index is 0.00000112. The van der Waals surface area contributed by atoms with Gasteiger partial charge in [-0.1, -0.05) is 24.3 Å². The summed E-state index contributed by atoms with van der Waals surface area (Å²) < 4.78 is 0. The minimum Gasteiger partial charge on any atom is -0.481 e. The van der Waals surface area contributed by atoms with Crippen molar-refractivity contribution in [2.24, 2.45) is 0 Å². The lowest BCUT2D eigenvalue weighted by atomic mass is 9.94. The number of aliphatic carboxylic acids is 1. The normalized spacial score (nSPS) is 18.8. The van der Waals surface area contributed by atoms with E-state index in [1.165, 1.54) is 11.1 Å². The monoisotopic (exact) mass is 227 g/mol. The zero-order valence-electron chi connectivity index (χ0n) is 8.27. The topological polar surface area (TPSA) is 49.3 Å². The SMILES string of the molecule is Cl.O=C(O)CC1Cc2ccccc2CN1. The highest BCUT2D eigenvalue weighted by atomic mass is 35.5. The highest BCUT2D eigenvalue weighted by Gasteiger charge is 2.19. The summed E-state index contributed by atoms with van der Waals surface area (Å²) in [6.45, 7) is 0.786. The van der Waals surface area contributed by atoms with E-state index in [0.717, 1.165) is 13.0 Å². The summed E-state index contributed by atoms with van der Waals surface area (Å²) in [4.78, 5) is 10.5. The number of rotatable bonds is 2. The average molecular weight is 228 g/mol. The molecule has 0 saturated heterocycles. The summed E-state index contributed by atoms with van der Waals surface area (Å²) in [5, 5.41) is 11.9. The lowest BCUT2D eigenvalue weighted by molar-refractivity contribution is -0.137. The summed E-state index contributed by atoms with van der Waals surface area (Å²) >= 11 is 0. The molecule has 1 aromatic carbocycles. The Kier molecular flexibility index (Phi) is 4.12. The van der Waals surface area contributed by atoms with Gasteiger partial charge >= 0.3 is 5.97 Å². The summed E-state index contributed by atoms with van der Waals surface area (Å²) in [7, 11) is 0. The molecule has 0 saturated carbocycles. The van der Waals surface area contributed by atoms with E-state index >= 15 is 0 Å². The number of benzene rings is 1. The van der Waals surface area contributed by atoms with Crippen molar-refractivity contribution in [3.05, 3.63) is 35.4 Å². The van der Waals surface area contributed by atoms with Crippen LogP contribution in [0.5, 0.6) is 0 Å². The van der Waals surface area contributed by atoms with Gasteiger partial charge in [-0.15, -0.1) is 12.4 Å². The Morgan fingerprint density at radius 3 is 2.73 bits per heavy atom. The van der Waals surface area contributed by atoms with Gasteiger partial charge in [-0.25, -0.2) is 0 Å². The molecule has 82 valence electrons. The van der Waals surface area contributed by atoms with Crippen LogP contribution in [0.4, 0.5) is 0 Å². The third-order valence-electron chi connectivity index (χ3n) is 2.59. The molecule has 15 heavy (non-hydrogen) atoms. The number of carbonyl (C=O) groups is 1. The van der Waals surface area contributed by atoms with E-state index in [9.17, 15) is 4.79 Å². The van der Waals surface area contributed by atoms with Crippen LogP contribution in [-0.2, 0) is 17.8 Å². The molecule has 1 heterocycles. The fourth-order valence-electron chi connectivity index (χ4n) is 1.88. The summed E-state index contributed by atoms with van der Waals surface area (Å²) in [5.74, 6) is -0.734. The highest BCUT2D eigenvalue weighted by Crippen LogP contribution is 2.17. The van der Waals surface area contributed by atoms with Crippen LogP contribution in [0.3, 0.4) is 0 Å². The van der Waals surface area contributed by atoms with Crippen molar-refractivity contribution >= 4 is 18.4 Å². The first-order chi connectivity index (χ1) is 6.75. The molecule has 2 rings (SSSR count). The van der Waals surface area contributed by atoms with E-state index in [1.807, 2.05) is 12.1 Å². The van der Waals surface area contributed by atoms with Crippen LogP contribution in [-0.4, -0.2) is 17.1 Å². The van der Waals surface area contributed by atoms with Crippen molar-refractivity contribution in [1.82, 2.24) is 5.32 Å². The molecule has 4 heteroatoms. The van der Waals surface area contributed by atoms with Gasteiger partial charge in [0.05, 0.1) is 6.42 Å². The standard InChI is InChI=1S/C11H13NO2.ClH/c13-11(14)6-10-5-8-3-1-2-4-9(8)7-12-10;/h1-4,10,12H,5-7H2,(H,13,14);1H. The molecule has 1 aromatic rings. The number of nitrogens with one attached hydrogen (secondary N) is 1. The fourth-order valence-corrected chi connectivity index (χ4v) is 1.88. The van der Waals surface area contributed by atoms with Gasteiger partial charge in [0.1, 0.15) is 0 Å². The lowest BCUT2D eigenvalue weighted by Crippen LogP contribution is -2.37. The van der Waals surface area contributed by atoms with Crippen LogP contribution in [0.25, 0.3) is 0 Å². The molecule has 0 aliphatic carbocycles. The van der Waals surface area contributed by atoms with Gasteiger partial charge in [-0.3, -0.25) is 4.79 Å². The minimum absolute atomic E-state index is 0. The first-order valence-electron chi connectivity index (χ1n) is 4.77. The largest absolute Gasteiger partial charge is 0.481 e. The lowest BCUT2D eigenvalue weighted by Gasteiger charge is -2.24. The van der Waals surface area contributed by atoms with Gasteiger partial charge in [0.2, 0.25) is 0 Å². The summed E-state index contributed by atoms with van der Waals surface area (Å²) in [6, 6.07) is 8.26. The Hall–Kier alpha value is -1.06. The maximum Gasteiger partial charge on any atom is 0.304 e. The van der Waals surface area contributed by atoms with Crippen molar-refractivity contribution in [2.45, 2.75) is 25.4 Å². The minimum atomic E-state index is -0.734. The molecule has 1 unspecified atom stereocenters. The molecule has 0 aromatic heterocycles. The zero-order valence-corrected chi connectivity index (χ0v) is 9.09. The fraction of sp³-hybridized carbons (Fsp3) is 0.364. The van der Waals surface area contributed by atoms with Crippen molar-refractivity contribution < 1.29 is 9.90 Å². The van der Waals surface area contributed by atoms with Gasteiger partial charge in [0.25, 0.3) is 0 Å². The molecular weight excluding hydrogens is 214 g/mol. The number of carboxylic acids is 1. The van der Waals surface area contributed by atoms with Gasteiger partial charge in [0, 0.05) is 12.6 Å². The molecule has 0 amide bonds. The number of fused-ring (bicyclic) bond motifs is 1. The van der Waals surface area contributed by atoms with E-state index in [4.69, 9.17) is 5.11 Å². The third kappa shape index (κ3) is 2.94. The van der Waals surface area contributed by atoms with Crippen LogP contribution >= 0.6 is 12.4 Å². The number of carboxylic acid groups (broad SMARTS) is 1. The molecule has 0 bridgehead atoms. The zero-order chi connectivity index (χ0) is 9.97. The Labute approximate surface area is 94.9 Å². The number of hydrogen-bond donors (Lipinski definition) is 2. The van der Waals surface area contributed by atoms with Gasteiger partial charge in [0.15, 0.2) is 0 Å². The quantitative estimate of drug-likeness (QED) is 0.807. The maximum absolute atomic E-state index is 10.5.